The predicted molar refractivity (Wildman–Crippen MR) is 77.8 cm³/mol. The van der Waals surface area contributed by atoms with Crippen LogP contribution in [0.2, 0.25) is 5.02 Å². The van der Waals surface area contributed by atoms with Crippen LogP contribution in [0, 0.1) is 0 Å². The normalized spacial score (nSPS) is 10.4. The first-order chi connectivity index (χ1) is 8.72. The van der Waals surface area contributed by atoms with Crippen LogP contribution in [0.15, 0.2) is 46.9 Å². The number of ether oxygens (including phenoxy) is 1. The Morgan fingerprint density at radius 3 is 2.61 bits per heavy atom. The molecule has 0 saturated carbocycles. The maximum absolute atomic E-state index is 6.07. The zero-order chi connectivity index (χ0) is 13.0. The van der Waals surface area contributed by atoms with Crippen LogP contribution in [-0.2, 0) is 13.2 Å². The summed E-state index contributed by atoms with van der Waals surface area (Å²) in [6.45, 7) is 0.847. The Labute approximate surface area is 120 Å². The van der Waals surface area contributed by atoms with Crippen LogP contribution in [0.1, 0.15) is 11.1 Å². The molecule has 0 saturated heterocycles. The monoisotopic (exact) mass is 325 g/mol. The number of hydrogen-bond acceptors (Lipinski definition) is 2. The second-order valence-corrected chi connectivity index (χ2v) is 5.06. The van der Waals surface area contributed by atoms with Crippen molar-refractivity contribution in [1.82, 2.24) is 0 Å². The van der Waals surface area contributed by atoms with Crippen molar-refractivity contribution in [3.8, 4) is 5.75 Å². The fourth-order valence-electron chi connectivity index (χ4n) is 1.64. The minimum atomic E-state index is 0.366. The smallest absolute Gasteiger partial charge is 0.125 e. The predicted octanol–water partition coefficient (Wildman–Crippen LogP) is 4.14. The first-order valence-electron chi connectivity index (χ1n) is 5.56. The van der Waals surface area contributed by atoms with Gasteiger partial charge < -0.3 is 10.5 Å². The third-order valence-corrected chi connectivity index (χ3v) is 3.75. The summed E-state index contributed by atoms with van der Waals surface area (Å²) in [5, 5.41) is 0.641. The van der Waals surface area contributed by atoms with Gasteiger partial charge in [-0.2, -0.15) is 0 Å². The van der Waals surface area contributed by atoms with E-state index in [1.54, 1.807) is 0 Å². The topological polar surface area (TPSA) is 35.2 Å². The van der Waals surface area contributed by atoms with E-state index in [0.29, 0.717) is 18.2 Å². The molecule has 0 spiro atoms. The van der Waals surface area contributed by atoms with Crippen molar-refractivity contribution in [3.05, 3.63) is 63.1 Å². The third kappa shape index (κ3) is 3.05. The summed E-state index contributed by atoms with van der Waals surface area (Å²) in [6.07, 6.45) is 0. The Balaban J connectivity index is 2.16. The Hall–Kier alpha value is -1.03. The summed E-state index contributed by atoms with van der Waals surface area (Å²) in [7, 11) is 0. The summed E-state index contributed by atoms with van der Waals surface area (Å²) >= 11 is 9.56. The van der Waals surface area contributed by atoms with Gasteiger partial charge in [-0.25, -0.2) is 0 Å². The lowest BCUT2D eigenvalue weighted by molar-refractivity contribution is 0.302. The lowest BCUT2D eigenvalue weighted by atomic mass is 10.2. The van der Waals surface area contributed by atoms with Crippen LogP contribution >= 0.6 is 27.5 Å². The number of rotatable bonds is 4. The van der Waals surface area contributed by atoms with Crippen molar-refractivity contribution in [1.29, 1.82) is 0 Å². The molecular weight excluding hydrogens is 314 g/mol. The van der Waals surface area contributed by atoms with Crippen LogP contribution in [0.4, 0.5) is 0 Å². The number of halogens is 2. The van der Waals surface area contributed by atoms with Gasteiger partial charge in [0, 0.05) is 27.2 Å². The first-order valence-corrected chi connectivity index (χ1v) is 6.73. The third-order valence-electron chi connectivity index (χ3n) is 2.62. The zero-order valence-corrected chi connectivity index (χ0v) is 12.0. The molecule has 18 heavy (non-hydrogen) atoms. The quantitative estimate of drug-likeness (QED) is 0.916. The van der Waals surface area contributed by atoms with Crippen LogP contribution < -0.4 is 10.5 Å². The highest BCUT2D eigenvalue weighted by Crippen LogP contribution is 2.27. The minimum absolute atomic E-state index is 0.366. The molecule has 0 amide bonds. The molecule has 0 aliphatic rings. The van der Waals surface area contributed by atoms with E-state index in [0.717, 1.165) is 21.3 Å². The van der Waals surface area contributed by atoms with Crippen molar-refractivity contribution >= 4 is 27.5 Å². The number of hydrogen-bond donors (Lipinski definition) is 1. The first kappa shape index (κ1) is 13.4. The van der Waals surface area contributed by atoms with Gasteiger partial charge in [0.2, 0.25) is 0 Å². The maximum atomic E-state index is 6.07. The molecule has 4 heteroatoms. The molecule has 0 fully saturated rings. The SMILES string of the molecule is NCc1c(Cl)cccc1OCc1ccccc1Br. The Morgan fingerprint density at radius 2 is 1.89 bits per heavy atom. The molecule has 0 heterocycles. The Morgan fingerprint density at radius 1 is 1.11 bits per heavy atom. The summed E-state index contributed by atoms with van der Waals surface area (Å²) < 4.78 is 6.81. The average molecular weight is 327 g/mol. The van der Waals surface area contributed by atoms with E-state index in [1.165, 1.54) is 0 Å². The van der Waals surface area contributed by atoms with Crippen LogP contribution in [-0.4, -0.2) is 0 Å². The average Bonchev–Trinajstić information content (AvgIpc) is 2.38. The van der Waals surface area contributed by atoms with Gasteiger partial charge in [-0.15, -0.1) is 0 Å². The van der Waals surface area contributed by atoms with Gasteiger partial charge in [-0.05, 0) is 18.2 Å². The molecule has 0 aromatic heterocycles. The molecule has 94 valence electrons. The maximum Gasteiger partial charge on any atom is 0.125 e. The van der Waals surface area contributed by atoms with E-state index in [9.17, 15) is 0 Å². The van der Waals surface area contributed by atoms with Crippen LogP contribution in [0.25, 0.3) is 0 Å². The summed E-state index contributed by atoms with van der Waals surface area (Å²) in [5.41, 5.74) is 7.60. The van der Waals surface area contributed by atoms with Gasteiger partial charge >= 0.3 is 0 Å². The molecule has 0 aliphatic carbocycles. The highest BCUT2D eigenvalue weighted by atomic mass is 79.9. The van der Waals surface area contributed by atoms with Gasteiger partial charge in [0.05, 0.1) is 0 Å². The molecule has 2 rings (SSSR count). The molecule has 0 unspecified atom stereocenters. The Bertz CT molecular complexity index is 545. The fraction of sp³-hybridized carbons (Fsp3) is 0.143. The van der Waals surface area contributed by atoms with E-state index in [2.05, 4.69) is 15.9 Å². The lowest BCUT2D eigenvalue weighted by Gasteiger charge is -2.12. The molecular formula is C14H13BrClNO. The van der Waals surface area contributed by atoms with Gasteiger partial charge in [-0.3, -0.25) is 0 Å². The minimum Gasteiger partial charge on any atom is -0.488 e. The molecule has 2 nitrogen and oxygen atoms in total. The van der Waals surface area contributed by atoms with Crippen molar-refractivity contribution in [3.63, 3.8) is 0 Å². The van der Waals surface area contributed by atoms with Gasteiger partial charge in [-0.1, -0.05) is 51.8 Å². The number of nitrogens with two attached hydrogens (primary N) is 1. The van der Waals surface area contributed by atoms with E-state index in [-0.39, 0.29) is 0 Å². The van der Waals surface area contributed by atoms with Crippen molar-refractivity contribution < 1.29 is 4.74 Å². The second kappa shape index (κ2) is 6.23. The van der Waals surface area contributed by atoms with Crippen molar-refractivity contribution in [2.24, 2.45) is 5.73 Å². The summed E-state index contributed by atoms with van der Waals surface area (Å²) in [5.74, 6) is 0.737. The molecule has 0 radical (unpaired) electrons. The van der Waals surface area contributed by atoms with E-state index < -0.39 is 0 Å². The molecule has 2 aromatic carbocycles. The highest BCUT2D eigenvalue weighted by Gasteiger charge is 2.07. The van der Waals surface area contributed by atoms with Gasteiger partial charge in [0.1, 0.15) is 12.4 Å². The Kier molecular flexibility index (Phi) is 4.64. The molecule has 2 aromatic rings. The van der Waals surface area contributed by atoms with Gasteiger partial charge in [0.25, 0.3) is 0 Å². The fourth-order valence-corrected chi connectivity index (χ4v) is 2.29. The van der Waals surface area contributed by atoms with E-state index >= 15 is 0 Å². The van der Waals surface area contributed by atoms with Crippen molar-refractivity contribution in [2.45, 2.75) is 13.2 Å². The summed E-state index contributed by atoms with van der Waals surface area (Å²) in [4.78, 5) is 0. The van der Waals surface area contributed by atoms with E-state index in [1.807, 2.05) is 42.5 Å². The molecule has 0 bridgehead atoms. The second-order valence-electron chi connectivity index (χ2n) is 3.80. The zero-order valence-electron chi connectivity index (χ0n) is 9.70. The largest absolute Gasteiger partial charge is 0.488 e. The van der Waals surface area contributed by atoms with Crippen LogP contribution in [0.3, 0.4) is 0 Å². The summed E-state index contributed by atoms with van der Waals surface area (Å²) in [6, 6.07) is 13.5. The molecule has 0 aliphatic heterocycles. The highest BCUT2D eigenvalue weighted by molar-refractivity contribution is 9.10. The molecule has 2 N–H and O–H groups in total. The van der Waals surface area contributed by atoms with Gasteiger partial charge in [0.15, 0.2) is 0 Å². The standard InChI is InChI=1S/C14H13BrClNO/c15-12-5-2-1-4-10(12)9-18-14-7-3-6-13(16)11(14)8-17/h1-7H,8-9,17H2. The number of benzene rings is 2. The van der Waals surface area contributed by atoms with Crippen LogP contribution in [0.5, 0.6) is 5.75 Å². The van der Waals surface area contributed by atoms with Crippen molar-refractivity contribution in [2.75, 3.05) is 0 Å². The molecule has 0 atom stereocenters. The van der Waals surface area contributed by atoms with E-state index in [4.69, 9.17) is 22.1 Å². The lowest BCUT2D eigenvalue weighted by Crippen LogP contribution is -2.03.